The Balaban J connectivity index is 2.32. The highest BCUT2D eigenvalue weighted by Crippen LogP contribution is 2.24. The molecule has 5 nitrogen and oxygen atoms in total. The number of H-pyrrole nitrogens is 1. The van der Waals surface area contributed by atoms with Crippen molar-refractivity contribution in [2.75, 3.05) is 18.5 Å². The SMILES string of the molecule is COc1ccc(N(C)S(=O)(=O)c2c[nH]c(CCl)c2)cc1. The topological polar surface area (TPSA) is 62.4 Å². The quantitative estimate of drug-likeness (QED) is 0.863. The van der Waals surface area contributed by atoms with Crippen molar-refractivity contribution in [2.45, 2.75) is 10.8 Å². The summed E-state index contributed by atoms with van der Waals surface area (Å²) in [4.78, 5) is 3.01. The summed E-state index contributed by atoms with van der Waals surface area (Å²) in [5.41, 5.74) is 1.22. The normalized spacial score (nSPS) is 11.3. The van der Waals surface area contributed by atoms with Crippen molar-refractivity contribution in [1.82, 2.24) is 4.98 Å². The van der Waals surface area contributed by atoms with Crippen LogP contribution in [0.3, 0.4) is 0 Å². The second kappa shape index (κ2) is 5.76. The van der Waals surface area contributed by atoms with Gasteiger partial charge in [-0.15, -0.1) is 11.6 Å². The zero-order chi connectivity index (χ0) is 14.8. The smallest absolute Gasteiger partial charge is 0.265 e. The van der Waals surface area contributed by atoms with Crippen molar-refractivity contribution in [3.8, 4) is 5.75 Å². The maximum absolute atomic E-state index is 12.4. The van der Waals surface area contributed by atoms with Crippen LogP contribution in [-0.2, 0) is 15.9 Å². The first-order chi connectivity index (χ1) is 9.48. The van der Waals surface area contributed by atoms with E-state index in [2.05, 4.69) is 4.98 Å². The molecule has 0 unspecified atom stereocenters. The molecule has 0 saturated carbocycles. The highest BCUT2D eigenvalue weighted by Gasteiger charge is 2.22. The number of nitrogens with zero attached hydrogens (tertiary/aromatic N) is 1. The minimum atomic E-state index is -3.60. The van der Waals surface area contributed by atoms with E-state index in [1.54, 1.807) is 31.4 Å². The minimum absolute atomic E-state index is 0.187. The van der Waals surface area contributed by atoms with Crippen LogP contribution in [0.25, 0.3) is 0 Å². The molecule has 0 aliphatic rings. The van der Waals surface area contributed by atoms with E-state index in [0.717, 1.165) is 0 Å². The van der Waals surface area contributed by atoms with Crippen molar-refractivity contribution in [2.24, 2.45) is 0 Å². The van der Waals surface area contributed by atoms with Gasteiger partial charge in [-0.05, 0) is 30.3 Å². The molecule has 1 heterocycles. The Bertz CT molecular complexity index is 680. The van der Waals surface area contributed by atoms with Crippen LogP contribution in [0, 0.1) is 0 Å². The molecule has 0 radical (unpaired) electrons. The van der Waals surface area contributed by atoms with Crippen LogP contribution in [0.5, 0.6) is 5.75 Å². The van der Waals surface area contributed by atoms with Crippen molar-refractivity contribution in [3.63, 3.8) is 0 Å². The van der Waals surface area contributed by atoms with Crippen LogP contribution in [-0.4, -0.2) is 27.6 Å². The number of anilines is 1. The lowest BCUT2D eigenvalue weighted by Crippen LogP contribution is -2.26. The molecule has 20 heavy (non-hydrogen) atoms. The number of methoxy groups -OCH3 is 1. The molecule has 0 bridgehead atoms. The van der Waals surface area contributed by atoms with Gasteiger partial charge >= 0.3 is 0 Å². The number of halogens is 1. The van der Waals surface area contributed by atoms with Gasteiger partial charge in [0.1, 0.15) is 10.6 Å². The summed E-state index contributed by atoms with van der Waals surface area (Å²) in [5, 5.41) is 0. The first kappa shape index (κ1) is 14.7. The Hall–Kier alpha value is -1.66. The van der Waals surface area contributed by atoms with Crippen LogP contribution in [0.2, 0.25) is 0 Å². The summed E-state index contributed by atoms with van der Waals surface area (Å²) in [7, 11) is -0.535. The maximum atomic E-state index is 12.4. The molecular weight excluding hydrogens is 300 g/mol. The van der Waals surface area contributed by atoms with Gasteiger partial charge in [0.25, 0.3) is 10.0 Å². The number of alkyl halides is 1. The third kappa shape index (κ3) is 2.76. The summed E-state index contributed by atoms with van der Waals surface area (Å²) in [6.07, 6.45) is 1.44. The average molecular weight is 315 g/mol. The molecule has 0 saturated heterocycles. The van der Waals surface area contributed by atoms with Crippen molar-refractivity contribution < 1.29 is 13.2 Å². The molecule has 0 spiro atoms. The predicted octanol–water partition coefficient (Wildman–Crippen LogP) is 2.59. The fourth-order valence-corrected chi connectivity index (χ4v) is 3.10. The highest BCUT2D eigenvalue weighted by molar-refractivity contribution is 7.92. The van der Waals surface area contributed by atoms with Crippen molar-refractivity contribution in [1.29, 1.82) is 0 Å². The Morgan fingerprint density at radius 1 is 1.30 bits per heavy atom. The number of sulfonamides is 1. The van der Waals surface area contributed by atoms with E-state index in [1.165, 1.54) is 23.6 Å². The van der Waals surface area contributed by atoms with Gasteiger partial charge in [-0.3, -0.25) is 4.31 Å². The van der Waals surface area contributed by atoms with Gasteiger partial charge in [-0.25, -0.2) is 8.42 Å². The lowest BCUT2D eigenvalue weighted by atomic mass is 10.3. The maximum Gasteiger partial charge on any atom is 0.265 e. The number of hydrogen-bond acceptors (Lipinski definition) is 3. The molecule has 0 aliphatic heterocycles. The highest BCUT2D eigenvalue weighted by atomic mass is 35.5. The molecule has 0 atom stereocenters. The Morgan fingerprint density at radius 2 is 1.95 bits per heavy atom. The monoisotopic (exact) mass is 314 g/mol. The second-order valence-electron chi connectivity index (χ2n) is 4.16. The summed E-state index contributed by atoms with van der Waals surface area (Å²) >= 11 is 5.67. The molecule has 7 heteroatoms. The molecule has 0 aliphatic carbocycles. The number of ether oxygens (including phenoxy) is 1. The van der Waals surface area contributed by atoms with Gasteiger partial charge in [0, 0.05) is 18.9 Å². The Labute approximate surface area is 123 Å². The zero-order valence-corrected chi connectivity index (χ0v) is 12.7. The Morgan fingerprint density at radius 3 is 2.45 bits per heavy atom. The van der Waals surface area contributed by atoms with E-state index in [0.29, 0.717) is 17.1 Å². The van der Waals surface area contributed by atoms with E-state index < -0.39 is 10.0 Å². The van der Waals surface area contributed by atoms with Crippen molar-refractivity contribution in [3.05, 3.63) is 42.2 Å². The summed E-state index contributed by atoms with van der Waals surface area (Å²) < 4.78 is 31.2. The van der Waals surface area contributed by atoms with E-state index in [4.69, 9.17) is 16.3 Å². The number of hydrogen-bond donors (Lipinski definition) is 1. The molecule has 2 rings (SSSR count). The van der Waals surface area contributed by atoms with Crippen LogP contribution < -0.4 is 9.04 Å². The van der Waals surface area contributed by atoms with Gasteiger partial charge in [-0.2, -0.15) is 0 Å². The molecular formula is C13H15ClN2O3S. The lowest BCUT2D eigenvalue weighted by Gasteiger charge is -2.18. The average Bonchev–Trinajstić information content (AvgIpc) is 2.96. The van der Waals surface area contributed by atoms with Crippen molar-refractivity contribution >= 4 is 27.3 Å². The largest absolute Gasteiger partial charge is 0.497 e. The van der Waals surface area contributed by atoms with Gasteiger partial charge in [0.15, 0.2) is 0 Å². The second-order valence-corrected chi connectivity index (χ2v) is 6.40. The van der Waals surface area contributed by atoms with Gasteiger partial charge in [-0.1, -0.05) is 0 Å². The number of rotatable bonds is 5. The molecule has 1 aromatic heterocycles. The minimum Gasteiger partial charge on any atom is -0.497 e. The van der Waals surface area contributed by atoms with Crippen LogP contribution in [0.1, 0.15) is 5.69 Å². The lowest BCUT2D eigenvalue weighted by molar-refractivity contribution is 0.415. The number of nitrogens with one attached hydrogen (secondary N) is 1. The molecule has 1 aromatic carbocycles. The molecule has 0 fully saturated rings. The molecule has 108 valence electrons. The van der Waals surface area contributed by atoms with E-state index >= 15 is 0 Å². The van der Waals surface area contributed by atoms with Crippen LogP contribution in [0.4, 0.5) is 5.69 Å². The predicted molar refractivity (Wildman–Crippen MR) is 78.9 cm³/mol. The van der Waals surface area contributed by atoms with Crippen LogP contribution in [0.15, 0.2) is 41.4 Å². The third-order valence-electron chi connectivity index (χ3n) is 2.95. The summed E-state index contributed by atoms with van der Waals surface area (Å²) in [5.74, 6) is 0.910. The first-order valence-corrected chi connectivity index (χ1v) is 7.82. The van der Waals surface area contributed by atoms with E-state index in [9.17, 15) is 8.42 Å². The van der Waals surface area contributed by atoms with Gasteiger partial charge in [0.2, 0.25) is 0 Å². The number of aromatic nitrogens is 1. The first-order valence-electron chi connectivity index (χ1n) is 5.85. The van der Waals surface area contributed by atoms with Crippen LogP contribution >= 0.6 is 11.6 Å². The van der Waals surface area contributed by atoms with E-state index in [1.807, 2.05) is 0 Å². The zero-order valence-electron chi connectivity index (χ0n) is 11.1. The summed E-state index contributed by atoms with van der Waals surface area (Å²) in [6, 6.07) is 8.32. The third-order valence-corrected chi connectivity index (χ3v) is 5.01. The molecule has 0 amide bonds. The van der Waals surface area contributed by atoms with Gasteiger partial charge in [0.05, 0.1) is 18.7 Å². The Kier molecular flexibility index (Phi) is 4.25. The standard InChI is InChI=1S/C13H15ClN2O3S/c1-16(11-3-5-12(19-2)6-4-11)20(17,18)13-7-10(8-14)15-9-13/h3-7,9,15H,8H2,1-2H3. The number of benzene rings is 1. The fraction of sp³-hybridized carbons (Fsp3) is 0.231. The van der Waals surface area contributed by atoms with E-state index in [-0.39, 0.29) is 10.8 Å². The molecule has 1 N–H and O–H groups in total. The fourth-order valence-electron chi connectivity index (χ4n) is 1.73. The summed E-state index contributed by atoms with van der Waals surface area (Å²) in [6.45, 7) is 0. The number of aromatic amines is 1. The van der Waals surface area contributed by atoms with Gasteiger partial charge < -0.3 is 9.72 Å². The molecule has 2 aromatic rings.